The number of carbonyl (C=O) groups is 2. The number of ether oxygens (including phenoxy) is 1. The molecule has 0 heterocycles. The van der Waals surface area contributed by atoms with Crippen molar-refractivity contribution in [1.82, 2.24) is 0 Å². The Morgan fingerprint density at radius 2 is 2.00 bits per heavy atom. The third-order valence-electron chi connectivity index (χ3n) is 4.38. The number of esters is 1. The molecule has 1 aliphatic carbocycles. The van der Waals surface area contributed by atoms with Crippen molar-refractivity contribution in [3.63, 3.8) is 0 Å². The summed E-state index contributed by atoms with van der Waals surface area (Å²) in [7, 11) is 0. The molecular weight excluding hydrogens is 244 g/mol. The molecule has 0 bridgehead atoms. The Labute approximate surface area is 115 Å². The number of rotatable bonds is 6. The lowest BCUT2D eigenvalue weighted by Crippen LogP contribution is -2.28. The molecule has 0 aromatic rings. The van der Waals surface area contributed by atoms with Crippen LogP contribution in [-0.4, -0.2) is 23.7 Å². The predicted molar refractivity (Wildman–Crippen MR) is 72.7 cm³/mol. The molecule has 19 heavy (non-hydrogen) atoms. The van der Waals surface area contributed by atoms with Crippen molar-refractivity contribution in [2.75, 3.05) is 6.61 Å². The van der Waals surface area contributed by atoms with Crippen molar-refractivity contribution < 1.29 is 19.4 Å². The van der Waals surface area contributed by atoms with Gasteiger partial charge in [-0.2, -0.15) is 0 Å². The molecule has 0 radical (unpaired) electrons. The zero-order valence-electron chi connectivity index (χ0n) is 12.2. The molecule has 1 N–H and O–H groups in total. The topological polar surface area (TPSA) is 63.6 Å². The van der Waals surface area contributed by atoms with E-state index in [-0.39, 0.29) is 11.9 Å². The van der Waals surface area contributed by atoms with Gasteiger partial charge in [0.25, 0.3) is 0 Å². The number of carboxylic acid groups (broad SMARTS) is 1. The number of hydrogen-bond acceptors (Lipinski definition) is 3. The summed E-state index contributed by atoms with van der Waals surface area (Å²) in [5.74, 6) is 0.340. The Morgan fingerprint density at radius 3 is 2.58 bits per heavy atom. The van der Waals surface area contributed by atoms with Crippen LogP contribution in [0.1, 0.15) is 52.9 Å². The lowest BCUT2D eigenvalue weighted by molar-refractivity contribution is -0.158. The Bertz CT molecular complexity index is 313. The zero-order chi connectivity index (χ0) is 14.4. The molecule has 0 aliphatic heterocycles. The second kappa shape index (κ2) is 7.51. The Hall–Kier alpha value is -1.06. The molecule has 0 saturated heterocycles. The van der Waals surface area contributed by atoms with E-state index >= 15 is 0 Å². The summed E-state index contributed by atoms with van der Waals surface area (Å²) in [5.41, 5.74) is 0. The van der Waals surface area contributed by atoms with Gasteiger partial charge in [-0.3, -0.25) is 4.79 Å². The van der Waals surface area contributed by atoms with Crippen LogP contribution in [-0.2, 0) is 14.3 Å². The fraction of sp³-hybridized carbons (Fsp3) is 0.867. The smallest absolute Gasteiger partial charge is 0.341 e. The Kier molecular flexibility index (Phi) is 6.32. The monoisotopic (exact) mass is 270 g/mol. The fourth-order valence-corrected chi connectivity index (χ4v) is 3.02. The molecule has 1 aliphatic rings. The van der Waals surface area contributed by atoms with Gasteiger partial charge in [0, 0.05) is 0 Å². The first-order valence-electron chi connectivity index (χ1n) is 7.32. The highest BCUT2D eigenvalue weighted by atomic mass is 16.5. The molecule has 1 fully saturated rings. The molecule has 0 spiro atoms. The minimum atomic E-state index is -1.09. The number of carboxylic acids is 1. The highest BCUT2D eigenvalue weighted by molar-refractivity contribution is 5.76. The lowest BCUT2D eigenvalue weighted by Gasteiger charge is -2.34. The summed E-state index contributed by atoms with van der Waals surface area (Å²) in [6.07, 6.45) is 5.23. The predicted octanol–water partition coefficient (Wildman–Crippen LogP) is 3.10. The lowest BCUT2D eigenvalue weighted by atomic mass is 9.72. The maximum Gasteiger partial charge on any atom is 0.341 e. The molecule has 1 rings (SSSR count). The van der Waals surface area contributed by atoms with Gasteiger partial charge < -0.3 is 9.84 Å². The van der Waals surface area contributed by atoms with Gasteiger partial charge in [0.2, 0.25) is 0 Å². The van der Waals surface area contributed by atoms with E-state index < -0.39 is 12.6 Å². The van der Waals surface area contributed by atoms with Gasteiger partial charge in [0.15, 0.2) is 6.61 Å². The van der Waals surface area contributed by atoms with E-state index in [1.165, 1.54) is 19.3 Å². The molecular formula is C15H26O4. The van der Waals surface area contributed by atoms with Crippen molar-refractivity contribution in [1.29, 1.82) is 0 Å². The molecule has 0 aromatic heterocycles. The second-order valence-electron chi connectivity index (χ2n) is 6.00. The average Bonchev–Trinajstić information content (AvgIpc) is 2.36. The molecule has 4 heteroatoms. The van der Waals surface area contributed by atoms with Crippen LogP contribution < -0.4 is 0 Å². The van der Waals surface area contributed by atoms with E-state index in [0.717, 1.165) is 18.8 Å². The van der Waals surface area contributed by atoms with Crippen LogP contribution in [0.5, 0.6) is 0 Å². The van der Waals surface area contributed by atoms with Crippen molar-refractivity contribution in [2.24, 2.45) is 23.7 Å². The molecule has 0 aromatic carbocycles. The molecule has 0 amide bonds. The molecule has 4 nitrogen and oxygen atoms in total. The summed E-state index contributed by atoms with van der Waals surface area (Å²) in [5, 5.41) is 8.54. The molecule has 4 atom stereocenters. The van der Waals surface area contributed by atoms with Gasteiger partial charge in [0.1, 0.15) is 0 Å². The number of aliphatic carboxylic acids is 1. The minimum absolute atomic E-state index is 0.155. The van der Waals surface area contributed by atoms with Gasteiger partial charge in [-0.15, -0.1) is 0 Å². The van der Waals surface area contributed by atoms with Crippen molar-refractivity contribution in [3.8, 4) is 0 Å². The minimum Gasteiger partial charge on any atom is -0.479 e. The first-order chi connectivity index (χ1) is 8.93. The average molecular weight is 270 g/mol. The Morgan fingerprint density at radius 1 is 1.32 bits per heavy atom. The van der Waals surface area contributed by atoms with Crippen molar-refractivity contribution >= 4 is 11.9 Å². The van der Waals surface area contributed by atoms with Crippen LogP contribution in [0.4, 0.5) is 0 Å². The summed E-state index contributed by atoms with van der Waals surface area (Å²) in [6, 6.07) is 0. The van der Waals surface area contributed by atoms with Crippen LogP contribution in [0.3, 0.4) is 0 Å². The van der Waals surface area contributed by atoms with Crippen molar-refractivity contribution in [2.45, 2.75) is 52.9 Å². The van der Waals surface area contributed by atoms with Crippen LogP contribution in [0, 0.1) is 23.7 Å². The van der Waals surface area contributed by atoms with Gasteiger partial charge in [-0.25, -0.2) is 4.79 Å². The highest BCUT2D eigenvalue weighted by Crippen LogP contribution is 2.37. The molecule has 110 valence electrons. The molecule has 4 unspecified atom stereocenters. The third kappa shape index (κ3) is 5.21. The van der Waals surface area contributed by atoms with Gasteiger partial charge in [-0.05, 0) is 37.0 Å². The van der Waals surface area contributed by atoms with Crippen molar-refractivity contribution in [3.05, 3.63) is 0 Å². The summed E-state index contributed by atoms with van der Waals surface area (Å²) in [6.45, 7) is 5.96. The maximum atomic E-state index is 11.9. The van der Waals surface area contributed by atoms with Crippen LogP contribution >= 0.6 is 0 Å². The fourth-order valence-electron chi connectivity index (χ4n) is 3.02. The van der Waals surface area contributed by atoms with E-state index in [0.29, 0.717) is 11.8 Å². The van der Waals surface area contributed by atoms with E-state index in [1.54, 1.807) is 0 Å². The summed E-state index contributed by atoms with van der Waals surface area (Å²) >= 11 is 0. The Balaban J connectivity index is 2.50. The highest BCUT2D eigenvalue weighted by Gasteiger charge is 2.30. The largest absolute Gasteiger partial charge is 0.479 e. The first kappa shape index (κ1) is 16.0. The van der Waals surface area contributed by atoms with E-state index in [9.17, 15) is 9.59 Å². The van der Waals surface area contributed by atoms with E-state index in [2.05, 4.69) is 13.8 Å². The molecule has 1 saturated carbocycles. The normalized spacial score (nSPS) is 28.7. The summed E-state index contributed by atoms with van der Waals surface area (Å²) < 4.78 is 4.82. The van der Waals surface area contributed by atoms with Crippen LogP contribution in [0.15, 0.2) is 0 Å². The summed E-state index contributed by atoms with van der Waals surface area (Å²) in [4.78, 5) is 22.3. The van der Waals surface area contributed by atoms with Gasteiger partial charge >= 0.3 is 11.9 Å². The zero-order valence-corrected chi connectivity index (χ0v) is 12.2. The second-order valence-corrected chi connectivity index (χ2v) is 6.00. The van der Waals surface area contributed by atoms with Gasteiger partial charge in [0.05, 0.1) is 5.92 Å². The van der Waals surface area contributed by atoms with E-state index in [4.69, 9.17) is 9.84 Å². The maximum absolute atomic E-state index is 11.9. The standard InChI is InChI=1S/C15H26O4/c1-4-12(15(18)19-9-14(16)17)8-13-7-10(2)5-6-11(13)3/h10-13H,4-9H2,1-3H3,(H,16,17). The number of hydrogen-bond donors (Lipinski definition) is 1. The first-order valence-corrected chi connectivity index (χ1v) is 7.32. The quantitative estimate of drug-likeness (QED) is 0.753. The SMILES string of the molecule is CCC(CC1CC(C)CCC1C)C(=O)OCC(=O)O. The van der Waals surface area contributed by atoms with Gasteiger partial charge in [-0.1, -0.05) is 33.6 Å². The van der Waals surface area contributed by atoms with Crippen LogP contribution in [0.2, 0.25) is 0 Å². The number of carbonyl (C=O) groups excluding carboxylic acids is 1. The van der Waals surface area contributed by atoms with Crippen LogP contribution in [0.25, 0.3) is 0 Å². The third-order valence-corrected chi connectivity index (χ3v) is 4.38. The van der Waals surface area contributed by atoms with E-state index in [1.807, 2.05) is 6.92 Å².